The minimum absolute atomic E-state index is 0.0334. The standard InChI is InChI=1S/C21H22FNO2S/c1-13-3-4-15(11-14(13)2)19(24)6-8-21(25)23-18-9-10-26-20-7-5-16(22)12-17(18)20/h3-5,7,11-12,18H,6,8-10H2,1-2H3,(H,23,25). The summed E-state index contributed by atoms with van der Waals surface area (Å²) in [6, 6.07) is 10.1. The predicted molar refractivity (Wildman–Crippen MR) is 102 cm³/mol. The summed E-state index contributed by atoms with van der Waals surface area (Å²) < 4.78 is 13.5. The summed E-state index contributed by atoms with van der Waals surface area (Å²) in [5, 5.41) is 2.96. The number of hydrogen-bond donors (Lipinski definition) is 1. The van der Waals surface area contributed by atoms with Crippen molar-refractivity contribution in [2.75, 3.05) is 5.75 Å². The van der Waals surface area contributed by atoms with Crippen molar-refractivity contribution in [2.45, 2.75) is 44.0 Å². The van der Waals surface area contributed by atoms with Gasteiger partial charge in [-0.25, -0.2) is 4.39 Å². The minimum atomic E-state index is -0.296. The third-order valence-corrected chi connectivity index (χ3v) is 5.88. The number of benzene rings is 2. The van der Waals surface area contributed by atoms with Crippen LogP contribution in [-0.4, -0.2) is 17.4 Å². The molecule has 1 heterocycles. The lowest BCUT2D eigenvalue weighted by Gasteiger charge is -2.26. The van der Waals surface area contributed by atoms with Crippen LogP contribution in [-0.2, 0) is 4.79 Å². The number of rotatable bonds is 5. The summed E-state index contributed by atoms with van der Waals surface area (Å²) in [6.45, 7) is 3.97. The third-order valence-electron chi connectivity index (χ3n) is 4.75. The smallest absolute Gasteiger partial charge is 0.220 e. The molecule has 1 aliphatic heterocycles. The first-order chi connectivity index (χ1) is 12.4. The molecule has 0 saturated heterocycles. The summed E-state index contributed by atoms with van der Waals surface area (Å²) in [6.07, 6.45) is 1.07. The van der Waals surface area contributed by atoms with Crippen molar-refractivity contribution in [1.29, 1.82) is 0 Å². The first-order valence-electron chi connectivity index (χ1n) is 8.76. The molecule has 136 valence electrons. The monoisotopic (exact) mass is 371 g/mol. The molecular weight excluding hydrogens is 349 g/mol. The fourth-order valence-electron chi connectivity index (χ4n) is 3.07. The molecule has 1 unspecified atom stereocenters. The highest BCUT2D eigenvalue weighted by molar-refractivity contribution is 7.99. The quantitative estimate of drug-likeness (QED) is 0.771. The Morgan fingerprint density at radius 1 is 1.12 bits per heavy atom. The van der Waals surface area contributed by atoms with Crippen molar-refractivity contribution < 1.29 is 14.0 Å². The first-order valence-corrected chi connectivity index (χ1v) is 9.74. The van der Waals surface area contributed by atoms with Gasteiger partial charge < -0.3 is 5.32 Å². The summed E-state index contributed by atoms with van der Waals surface area (Å²) >= 11 is 1.67. The van der Waals surface area contributed by atoms with Gasteiger partial charge in [0.1, 0.15) is 5.82 Å². The van der Waals surface area contributed by atoms with Crippen molar-refractivity contribution in [3.8, 4) is 0 Å². The molecule has 0 radical (unpaired) electrons. The minimum Gasteiger partial charge on any atom is -0.349 e. The van der Waals surface area contributed by atoms with E-state index in [0.29, 0.717) is 5.56 Å². The van der Waals surface area contributed by atoms with Gasteiger partial charge in [0.25, 0.3) is 0 Å². The topological polar surface area (TPSA) is 46.2 Å². The van der Waals surface area contributed by atoms with Crippen LogP contribution in [0.3, 0.4) is 0 Å². The van der Waals surface area contributed by atoms with Gasteiger partial charge >= 0.3 is 0 Å². The van der Waals surface area contributed by atoms with Gasteiger partial charge in [-0.15, -0.1) is 11.8 Å². The SMILES string of the molecule is Cc1ccc(C(=O)CCC(=O)NC2CCSc3ccc(F)cc32)cc1C. The van der Waals surface area contributed by atoms with Crippen LogP contribution in [0, 0.1) is 19.7 Å². The Balaban J connectivity index is 1.59. The van der Waals surface area contributed by atoms with E-state index in [1.165, 1.54) is 12.1 Å². The van der Waals surface area contributed by atoms with Crippen LogP contribution >= 0.6 is 11.8 Å². The van der Waals surface area contributed by atoms with Gasteiger partial charge in [-0.05, 0) is 61.2 Å². The summed E-state index contributed by atoms with van der Waals surface area (Å²) in [5.74, 6) is 0.379. The zero-order valence-corrected chi connectivity index (χ0v) is 15.8. The number of thioether (sulfide) groups is 1. The second-order valence-corrected chi connectivity index (χ2v) is 7.80. The molecule has 3 rings (SSSR count). The van der Waals surface area contributed by atoms with E-state index in [1.807, 2.05) is 26.0 Å². The van der Waals surface area contributed by atoms with Gasteiger partial charge in [0.2, 0.25) is 5.91 Å². The van der Waals surface area contributed by atoms with Crippen LogP contribution in [0.15, 0.2) is 41.3 Å². The maximum Gasteiger partial charge on any atom is 0.220 e. The Bertz CT molecular complexity index is 850. The molecule has 0 fully saturated rings. The van der Waals surface area contributed by atoms with E-state index in [4.69, 9.17) is 0 Å². The van der Waals surface area contributed by atoms with E-state index in [-0.39, 0.29) is 36.4 Å². The van der Waals surface area contributed by atoms with E-state index in [9.17, 15) is 14.0 Å². The maximum atomic E-state index is 13.5. The molecule has 0 spiro atoms. The Morgan fingerprint density at radius 2 is 1.92 bits per heavy atom. The molecule has 0 saturated carbocycles. The lowest BCUT2D eigenvalue weighted by atomic mass is 10.0. The average molecular weight is 371 g/mol. The fraction of sp³-hybridized carbons (Fsp3) is 0.333. The molecule has 0 aliphatic carbocycles. The number of carbonyl (C=O) groups is 2. The number of Topliss-reactive ketones (excluding diaryl/α,β-unsaturated/α-hetero) is 1. The molecule has 2 aromatic rings. The number of amides is 1. The Labute approximate surface area is 157 Å². The van der Waals surface area contributed by atoms with E-state index < -0.39 is 0 Å². The molecule has 1 N–H and O–H groups in total. The van der Waals surface area contributed by atoms with Gasteiger partial charge in [-0.3, -0.25) is 9.59 Å². The number of carbonyl (C=O) groups excluding carboxylic acids is 2. The van der Waals surface area contributed by atoms with Crippen LogP contribution in [0.1, 0.15) is 52.4 Å². The normalized spacial score (nSPS) is 16.0. The van der Waals surface area contributed by atoms with Gasteiger partial charge in [0.05, 0.1) is 6.04 Å². The molecule has 26 heavy (non-hydrogen) atoms. The van der Waals surface area contributed by atoms with Gasteiger partial charge in [-0.2, -0.15) is 0 Å². The number of aryl methyl sites for hydroxylation is 2. The maximum absolute atomic E-state index is 13.5. The van der Waals surface area contributed by atoms with E-state index in [0.717, 1.165) is 33.8 Å². The predicted octanol–water partition coefficient (Wildman–Crippen LogP) is 4.76. The number of hydrogen-bond acceptors (Lipinski definition) is 3. The van der Waals surface area contributed by atoms with Crippen molar-refractivity contribution >= 4 is 23.5 Å². The van der Waals surface area contributed by atoms with E-state index in [1.54, 1.807) is 23.9 Å². The van der Waals surface area contributed by atoms with Crippen LogP contribution in [0.5, 0.6) is 0 Å². The lowest BCUT2D eigenvalue weighted by Crippen LogP contribution is -2.31. The Hall–Kier alpha value is -2.14. The number of nitrogens with one attached hydrogen (secondary N) is 1. The zero-order valence-electron chi connectivity index (χ0n) is 15.0. The van der Waals surface area contributed by atoms with Crippen LogP contribution in [0.25, 0.3) is 0 Å². The number of fused-ring (bicyclic) bond motifs is 1. The molecule has 0 aromatic heterocycles. The highest BCUT2D eigenvalue weighted by atomic mass is 32.2. The van der Waals surface area contributed by atoms with Crippen LogP contribution in [0.4, 0.5) is 4.39 Å². The van der Waals surface area contributed by atoms with E-state index >= 15 is 0 Å². The zero-order chi connectivity index (χ0) is 18.7. The van der Waals surface area contributed by atoms with Crippen molar-refractivity contribution in [3.05, 3.63) is 64.5 Å². The molecule has 1 atom stereocenters. The van der Waals surface area contributed by atoms with E-state index in [2.05, 4.69) is 5.32 Å². The third kappa shape index (κ3) is 4.33. The molecule has 1 aliphatic rings. The molecule has 5 heteroatoms. The molecule has 0 bridgehead atoms. The summed E-state index contributed by atoms with van der Waals surface area (Å²) in [4.78, 5) is 25.6. The number of halogens is 1. The Morgan fingerprint density at radius 3 is 2.69 bits per heavy atom. The highest BCUT2D eigenvalue weighted by Gasteiger charge is 2.23. The molecule has 3 nitrogen and oxygen atoms in total. The lowest BCUT2D eigenvalue weighted by molar-refractivity contribution is -0.121. The first kappa shape index (κ1) is 18.6. The largest absolute Gasteiger partial charge is 0.349 e. The van der Waals surface area contributed by atoms with Crippen LogP contribution < -0.4 is 5.32 Å². The Kier molecular flexibility index (Phi) is 5.77. The number of ketones is 1. The average Bonchev–Trinajstić information content (AvgIpc) is 2.62. The van der Waals surface area contributed by atoms with Crippen molar-refractivity contribution in [2.24, 2.45) is 0 Å². The second-order valence-electron chi connectivity index (χ2n) is 6.66. The van der Waals surface area contributed by atoms with Gasteiger partial charge in [0, 0.05) is 29.1 Å². The summed E-state index contributed by atoms with van der Waals surface area (Å²) in [5.41, 5.74) is 3.68. The van der Waals surface area contributed by atoms with Crippen LogP contribution in [0.2, 0.25) is 0 Å². The summed E-state index contributed by atoms with van der Waals surface area (Å²) in [7, 11) is 0. The van der Waals surface area contributed by atoms with Crippen molar-refractivity contribution in [1.82, 2.24) is 5.32 Å². The fourth-order valence-corrected chi connectivity index (χ4v) is 4.17. The van der Waals surface area contributed by atoms with Gasteiger partial charge in [-0.1, -0.05) is 12.1 Å². The molecular formula is C21H22FNO2S. The van der Waals surface area contributed by atoms with Gasteiger partial charge in [0.15, 0.2) is 5.78 Å². The van der Waals surface area contributed by atoms with Crippen molar-refractivity contribution in [3.63, 3.8) is 0 Å². The highest BCUT2D eigenvalue weighted by Crippen LogP contribution is 2.36. The second kappa shape index (κ2) is 8.04. The molecule has 1 amide bonds. The molecule has 2 aromatic carbocycles.